The molecule has 5 nitrogen and oxygen atoms in total. The number of aromatic nitrogens is 1. The van der Waals surface area contributed by atoms with E-state index in [1.54, 1.807) is 6.26 Å². The van der Waals surface area contributed by atoms with E-state index in [0.29, 0.717) is 30.5 Å². The molecule has 118 valence electrons. The molecular weight excluding hydrogens is 298 g/mol. The zero-order chi connectivity index (χ0) is 15.6. The number of nitrogens with zero attached hydrogens (tertiary/aromatic N) is 1. The van der Waals surface area contributed by atoms with Crippen LogP contribution in [0.4, 0.5) is 0 Å². The Morgan fingerprint density at radius 1 is 1.27 bits per heavy atom. The molecule has 0 aliphatic carbocycles. The fourth-order valence-electron chi connectivity index (χ4n) is 1.88. The summed E-state index contributed by atoms with van der Waals surface area (Å²) in [5.41, 5.74) is 7.20. The van der Waals surface area contributed by atoms with Gasteiger partial charge in [-0.1, -0.05) is 18.2 Å². The van der Waals surface area contributed by atoms with Crippen molar-refractivity contribution in [1.29, 1.82) is 0 Å². The van der Waals surface area contributed by atoms with Gasteiger partial charge in [0.05, 0.1) is 11.4 Å². The fourth-order valence-corrected chi connectivity index (χ4v) is 2.61. The number of carbonyl (C=O) groups is 1. The third-order valence-corrected chi connectivity index (χ3v) is 3.97. The molecule has 0 unspecified atom stereocenters. The molecule has 0 bridgehead atoms. The Labute approximate surface area is 134 Å². The summed E-state index contributed by atoms with van der Waals surface area (Å²) in [7, 11) is 0. The summed E-state index contributed by atoms with van der Waals surface area (Å²) >= 11 is 1.53. The number of oxazole rings is 1. The highest BCUT2D eigenvalue weighted by Crippen LogP contribution is 2.20. The standard InChI is InChI=1S/C16H21N3O2S/c17-8-4-5-9-18-15(20)12-22-11-14-10-21-16(19-14)13-6-2-1-3-7-13/h1-3,6-7,10H,4-5,8-9,11-12,17H2,(H,18,20). The lowest BCUT2D eigenvalue weighted by molar-refractivity contribution is -0.118. The van der Waals surface area contributed by atoms with Crippen LogP contribution >= 0.6 is 11.8 Å². The topological polar surface area (TPSA) is 81.1 Å². The normalized spacial score (nSPS) is 10.6. The van der Waals surface area contributed by atoms with Crippen LogP contribution in [0.25, 0.3) is 11.5 Å². The molecule has 1 heterocycles. The van der Waals surface area contributed by atoms with E-state index in [9.17, 15) is 4.79 Å². The van der Waals surface area contributed by atoms with Crippen molar-refractivity contribution in [3.8, 4) is 11.5 Å². The molecule has 0 spiro atoms. The molecular formula is C16H21N3O2S. The Morgan fingerprint density at radius 3 is 2.86 bits per heavy atom. The predicted molar refractivity (Wildman–Crippen MR) is 89.4 cm³/mol. The van der Waals surface area contributed by atoms with E-state index in [-0.39, 0.29) is 5.91 Å². The third kappa shape index (κ3) is 5.54. The van der Waals surface area contributed by atoms with Crippen molar-refractivity contribution in [2.75, 3.05) is 18.8 Å². The number of rotatable bonds is 9. The summed E-state index contributed by atoms with van der Waals surface area (Å²) in [5.74, 6) is 1.75. The molecule has 0 radical (unpaired) electrons. The summed E-state index contributed by atoms with van der Waals surface area (Å²) in [6.45, 7) is 1.36. The van der Waals surface area contributed by atoms with Crippen LogP contribution in [0.5, 0.6) is 0 Å². The molecule has 22 heavy (non-hydrogen) atoms. The van der Waals surface area contributed by atoms with Gasteiger partial charge in [0, 0.05) is 17.9 Å². The van der Waals surface area contributed by atoms with E-state index in [2.05, 4.69) is 10.3 Å². The van der Waals surface area contributed by atoms with Crippen molar-refractivity contribution in [3.63, 3.8) is 0 Å². The first-order valence-electron chi connectivity index (χ1n) is 7.34. The van der Waals surface area contributed by atoms with Gasteiger partial charge < -0.3 is 15.5 Å². The molecule has 0 fully saturated rings. The lowest BCUT2D eigenvalue weighted by Gasteiger charge is -2.03. The number of carbonyl (C=O) groups excluding carboxylic acids is 1. The van der Waals surface area contributed by atoms with Crippen LogP contribution in [0.3, 0.4) is 0 Å². The molecule has 3 N–H and O–H groups in total. The van der Waals surface area contributed by atoms with Gasteiger partial charge in [-0.15, -0.1) is 11.8 Å². The first-order chi connectivity index (χ1) is 10.8. The first kappa shape index (κ1) is 16.6. The van der Waals surface area contributed by atoms with Crippen LogP contribution in [0.2, 0.25) is 0 Å². The molecule has 0 saturated heterocycles. The Balaban J connectivity index is 1.69. The van der Waals surface area contributed by atoms with Gasteiger partial charge >= 0.3 is 0 Å². The minimum Gasteiger partial charge on any atom is -0.444 e. The van der Waals surface area contributed by atoms with E-state index < -0.39 is 0 Å². The summed E-state index contributed by atoms with van der Waals surface area (Å²) in [6.07, 6.45) is 3.51. The lowest BCUT2D eigenvalue weighted by Crippen LogP contribution is -2.26. The number of hydrogen-bond donors (Lipinski definition) is 2. The van der Waals surface area contributed by atoms with Crippen LogP contribution in [0.1, 0.15) is 18.5 Å². The Hall–Kier alpha value is -1.79. The highest BCUT2D eigenvalue weighted by Gasteiger charge is 2.07. The number of hydrogen-bond acceptors (Lipinski definition) is 5. The highest BCUT2D eigenvalue weighted by atomic mass is 32.2. The minimum atomic E-state index is 0.0498. The van der Waals surface area contributed by atoms with E-state index in [1.165, 1.54) is 11.8 Å². The second kappa shape index (κ2) is 9.27. The summed E-state index contributed by atoms with van der Waals surface area (Å²) in [5, 5.41) is 2.88. The molecule has 0 aliphatic rings. The van der Waals surface area contributed by atoms with Crippen molar-refractivity contribution >= 4 is 17.7 Å². The first-order valence-corrected chi connectivity index (χ1v) is 8.49. The zero-order valence-electron chi connectivity index (χ0n) is 12.5. The average molecular weight is 319 g/mol. The Kier molecular flexibility index (Phi) is 6.99. The van der Waals surface area contributed by atoms with Crippen LogP contribution in [-0.2, 0) is 10.5 Å². The fraction of sp³-hybridized carbons (Fsp3) is 0.375. The second-order valence-corrected chi connectivity index (χ2v) is 5.83. The number of nitrogens with two attached hydrogens (primary N) is 1. The van der Waals surface area contributed by atoms with Gasteiger partial charge in [0.1, 0.15) is 6.26 Å². The van der Waals surface area contributed by atoms with Gasteiger partial charge in [0.15, 0.2) is 0 Å². The van der Waals surface area contributed by atoms with E-state index in [0.717, 1.165) is 24.1 Å². The zero-order valence-corrected chi connectivity index (χ0v) is 13.3. The highest BCUT2D eigenvalue weighted by molar-refractivity contribution is 7.99. The maximum absolute atomic E-state index is 11.6. The van der Waals surface area contributed by atoms with Crippen molar-refractivity contribution in [2.24, 2.45) is 5.73 Å². The molecule has 2 rings (SSSR count). The number of nitrogens with one attached hydrogen (secondary N) is 1. The molecule has 6 heteroatoms. The van der Waals surface area contributed by atoms with Gasteiger partial charge in [-0.3, -0.25) is 4.79 Å². The van der Waals surface area contributed by atoms with Crippen LogP contribution < -0.4 is 11.1 Å². The van der Waals surface area contributed by atoms with Crippen molar-refractivity contribution in [2.45, 2.75) is 18.6 Å². The summed E-state index contributed by atoms with van der Waals surface area (Å²) in [6, 6.07) is 9.76. The van der Waals surface area contributed by atoms with Gasteiger partial charge in [-0.2, -0.15) is 0 Å². The lowest BCUT2D eigenvalue weighted by atomic mass is 10.2. The minimum absolute atomic E-state index is 0.0498. The molecule has 1 aromatic carbocycles. The molecule has 1 aromatic heterocycles. The van der Waals surface area contributed by atoms with Gasteiger partial charge in [-0.25, -0.2) is 4.98 Å². The van der Waals surface area contributed by atoms with Crippen molar-refractivity contribution in [3.05, 3.63) is 42.3 Å². The summed E-state index contributed by atoms with van der Waals surface area (Å²) in [4.78, 5) is 16.0. The van der Waals surface area contributed by atoms with Gasteiger partial charge in [0.2, 0.25) is 11.8 Å². The van der Waals surface area contributed by atoms with Crippen molar-refractivity contribution in [1.82, 2.24) is 10.3 Å². The largest absolute Gasteiger partial charge is 0.444 e. The SMILES string of the molecule is NCCCCNC(=O)CSCc1coc(-c2ccccc2)n1. The Morgan fingerprint density at radius 2 is 2.09 bits per heavy atom. The second-order valence-electron chi connectivity index (χ2n) is 4.85. The van der Waals surface area contributed by atoms with Gasteiger partial charge in [0.25, 0.3) is 0 Å². The molecule has 0 atom stereocenters. The smallest absolute Gasteiger partial charge is 0.230 e. The van der Waals surface area contributed by atoms with Gasteiger partial charge in [-0.05, 0) is 31.5 Å². The van der Waals surface area contributed by atoms with Crippen LogP contribution in [0.15, 0.2) is 41.0 Å². The maximum atomic E-state index is 11.6. The maximum Gasteiger partial charge on any atom is 0.230 e. The monoisotopic (exact) mass is 319 g/mol. The number of amides is 1. The van der Waals surface area contributed by atoms with E-state index in [1.807, 2.05) is 30.3 Å². The Bertz CT molecular complexity index is 572. The molecule has 1 amide bonds. The quantitative estimate of drug-likeness (QED) is 0.694. The molecule has 0 saturated carbocycles. The average Bonchev–Trinajstić information content (AvgIpc) is 3.01. The van der Waals surface area contributed by atoms with Crippen LogP contribution in [0, 0.1) is 0 Å². The number of benzene rings is 1. The van der Waals surface area contributed by atoms with E-state index >= 15 is 0 Å². The van der Waals surface area contributed by atoms with E-state index in [4.69, 9.17) is 10.2 Å². The third-order valence-electron chi connectivity index (χ3n) is 3.01. The predicted octanol–water partition coefficient (Wildman–Crippen LogP) is 2.43. The summed E-state index contributed by atoms with van der Waals surface area (Å²) < 4.78 is 5.46. The van der Waals surface area contributed by atoms with Crippen LogP contribution in [-0.4, -0.2) is 29.7 Å². The van der Waals surface area contributed by atoms with Crippen molar-refractivity contribution < 1.29 is 9.21 Å². The number of unbranched alkanes of at least 4 members (excludes halogenated alkanes) is 1. The number of thioether (sulfide) groups is 1. The molecule has 2 aromatic rings. The molecule has 0 aliphatic heterocycles.